The molecule has 1 aromatic heterocycles. The Morgan fingerprint density at radius 1 is 1.43 bits per heavy atom. The van der Waals surface area contributed by atoms with E-state index in [-0.39, 0.29) is 11.1 Å². The Balaban J connectivity index is 1.63. The lowest BCUT2D eigenvalue weighted by atomic mass is 9.90. The maximum absolute atomic E-state index is 5.98. The lowest BCUT2D eigenvalue weighted by Gasteiger charge is -2.36. The summed E-state index contributed by atoms with van der Waals surface area (Å²) in [6.45, 7) is 9.45. The van der Waals surface area contributed by atoms with Crippen LogP contribution in [0.25, 0.3) is 0 Å². The molecule has 118 valence electrons. The quantitative estimate of drug-likeness (QED) is 0.919. The minimum absolute atomic E-state index is 0.0788. The molecule has 3 heterocycles. The van der Waals surface area contributed by atoms with Gasteiger partial charge in [0.05, 0.1) is 24.8 Å². The second-order valence-electron chi connectivity index (χ2n) is 7.23. The Hall–Kier alpha value is -0.980. The molecule has 2 fully saturated rings. The molecule has 21 heavy (non-hydrogen) atoms. The highest BCUT2D eigenvalue weighted by Crippen LogP contribution is 2.37. The molecule has 0 radical (unpaired) electrons. The second-order valence-corrected chi connectivity index (χ2v) is 7.23. The van der Waals surface area contributed by atoms with Crippen molar-refractivity contribution in [2.24, 2.45) is 0 Å². The van der Waals surface area contributed by atoms with Gasteiger partial charge in [-0.15, -0.1) is 0 Å². The SMILES string of the molecule is CC(C)(C)NCc1ncn(C2CCOC3(CCOC3)C2)n1. The Morgan fingerprint density at radius 2 is 2.29 bits per heavy atom. The number of hydrogen-bond acceptors (Lipinski definition) is 5. The van der Waals surface area contributed by atoms with E-state index >= 15 is 0 Å². The van der Waals surface area contributed by atoms with Crippen molar-refractivity contribution in [1.29, 1.82) is 0 Å². The fourth-order valence-corrected chi connectivity index (χ4v) is 3.00. The summed E-state index contributed by atoms with van der Waals surface area (Å²) in [7, 11) is 0. The van der Waals surface area contributed by atoms with Crippen molar-refractivity contribution >= 4 is 0 Å². The Labute approximate surface area is 126 Å². The molecule has 2 unspecified atom stereocenters. The van der Waals surface area contributed by atoms with Crippen molar-refractivity contribution in [3.63, 3.8) is 0 Å². The van der Waals surface area contributed by atoms with Gasteiger partial charge in [0.1, 0.15) is 6.33 Å². The van der Waals surface area contributed by atoms with Crippen LogP contribution < -0.4 is 5.32 Å². The molecule has 0 aromatic carbocycles. The monoisotopic (exact) mass is 294 g/mol. The number of aromatic nitrogens is 3. The van der Waals surface area contributed by atoms with Crippen molar-refractivity contribution < 1.29 is 9.47 Å². The van der Waals surface area contributed by atoms with Crippen LogP contribution in [0.5, 0.6) is 0 Å². The van der Waals surface area contributed by atoms with E-state index in [9.17, 15) is 0 Å². The van der Waals surface area contributed by atoms with Crippen molar-refractivity contribution in [2.45, 2.75) is 63.8 Å². The summed E-state index contributed by atoms with van der Waals surface area (Å²) in [5.74, 6) is 0.855. The van der Waals surface area contributed by atoms with Crippen LogP contribution in [0.2, 0.25) is 0 Å². The van der Waals surface area contributed by atoms with E-state index in [4.69, 9.17) is 9.47 Å². The lowest BCUT2D eigenvalue weighted by molar-refractivity contribution is -0.0963. The van der Waals surface area contributed by atoms with Gasteiger partial charge in [0.2, 0.25) is 0 Å². The first-order valence-corrected chi connectivity index (χ1v) is 7.83. The number of nitrogens with one attached hydrogen (secondary N) is 1. The van der Waals surface area contributed by atoms with E-state index in [0.29, 0.717) is 12.6 Å². The summed E-state index contributed by atoms with van der Waals surface area (Å²) in [5, 5.41) is 8.06. The molecule has 3 rings (SSSR count). The molecule has 2 aliphatic rings. The normalized spacial score (nSPS) is 30.1. The predicted octanol–water partition coefficient (Wildman–Crippen LogP) is 1.68. The van der Waals surface area contributed by atoms with Gasteiger partial charge in [-0.25, -0.2) is 9.67 Å². The minimum atomic E-state index is -0.0846. The van der Waals surface area contributed by atoms with Crippen LogP contribution in [0, 0.1) is 0 Å². The van der Waals surface area contributed by atoms with E-state index < -0.39 is 0 Å². The molecule has 1 N–H and O–H groups in total. The molecule has 2 saturated heterocycles. The van der Waals surface area contributed by atoms with E-state index in [0.717, 1.165) is 44.9 Å². The molecule has 0 amide bonds. The van der Waals surface area contributed by atoms with E-state index in [1.807, 2.05) is 11.0 Å². The number of hydrogen-bond donors (Lipinski definition) is 1. The van der Waals surface area contributed by atoms with Gasteiger partial charge in [-0.2, -0.15) is 5.10 Å². The Kier molecular flexibility index (Phi) is 4.03. The van der Waals surface area contributed by atoms with E-state index in [1.54, 1.807) is 0 Å². The zero-order valence-corrected chi connectivity index (χ0v) is 13.3. The van der Waals surface area contributed by atoms with Gasteiger partial charge in [-0.1, -0.05) is 0 Å². The van der Waals surface area contributed by atoms with Crippen molar-refractivity contribution in [3.8, 4) is 0 Å². The van der Waals surface area contributed by atoms with Crippen LogP contribution in [-0.4, -0.2) is 45.7 Å². The first kappa shape index (κ1) is 14.9. The van der Waals surface area contributed by atoms with Crippen molar-refractivity contribution in [2.75, 3.05) is 19.8 Å². The summed E-state index contributed by atoms with van der Waals surface area (Å²) in [5.41, 5.74) is -0.00588. The Morgan fingerprint density at radius 3 is 3.00 bits per heavy atom. The van der Waals surface area contributed by atoms with E-state index in [2.05, 4.69) is 36.2 Å². The smallest absolute Gasteiger partial charge is 0.164 e. The zero-order valence-electron chi connectivity index (χ0n) is 13.3. The topological polar surface area (TPSA) is 61.2 Å². The highest BCUT2D eigenvalue weighted by Gasteiger charge is 2.41. The zero-order chi connectivity index (χ0) is 14.9. The van der Waals surface area contributed by atoms with Gasteiger partial charge in [0.15, 0.2) is 5.82 Å². The van der Waals surface area contributed by atoms with Crippen LogP contribution in [-0.2, 0) is 16.0 Å². The molecular formula is C15H26N4O2. The molecular weight excluding hydrogens is 268 g/mol. The third-order valence-electron chi connectivity index (χ3n) is 4.24. The summed E-state index contributed by atoms with van der Waals surface area (Å²) in [4.78, 5) is 4.43. The molecule has 0 bridgehead atoms. The average Bonchev–Trinajstić information content (AvgIpc) is 3.06. The third-order valence-corrected chi connectivity index (χ3v) is 4.24. The fourth-order valence-electron chi connectivity index (χ4n) is 3.00. The number of nitrogens with zero attached hydrogens (tertiary/aromatic N) is 3. The highest BCUT2D eigenvalue weighted by atomic mass is 16.6. The molecule has 1 aromatic rings. The molecule has 0 saturated carbocycles. The van der Waals surface area contributed by atoms with Gasteiger partial charge in [-0.05, 0) is 27.2 Å². The van der Waals surface area contributed by atoms with Crippen LogP contribution in [0.3, 0.4) is 0 Å². The lowest BCUT2D eigenvalue weighted by Crippen LogP contribution is -2.41. The van der Waals surface area contributed by atoms with Gasteiger partial charge >= 0.3 is 0 Å². The van der Waals surface area contributed by atoms with Crippen LogP contribution >= 0.6 is 0 Å². The van der Waals surface area contributed by atoms with Crippen LogP contribution in [0.4, 0.5) is 0 Å². The maximum atomic E-state index is 5.98. The summed E-state index contributed by atoms with van der Waals surface area (Å²) >= 11 is 0. The van der Waals surface area contributed by atoms with Gasteiger partial charge in [0, 0.05) is 31.6 Å². The molecule has 2 atom stereocenters. The van der Waals surface area contributed by atoms with Gasteiger partial charge in [-0.3, -0.25) is 0 Å². The number of rotatable bonds is 3. The molecule has 6 nitrogen and oxygen atoms in total. The highest BCUT2D eigenvalue weighted by molar-refractivity contribution is 4.93. The standard InChI is InChI=1S/C15H26N4O2/c1-14(2,3)17-9-13-16-11-19(18-13)12-4-6-21-15(8-12)5-7-20-10-15/h11-12,17H,4-10H2,1-3H3. The third kappa shape index (κ3) is 3.62. The minimum Gasteiger partial charge on any atom is -0.378 e. The molecule has 2 aliphatic heterocycles. The van der Waals surface area contributed by atoms with Crippen molar-refractivity contribution in [1.82, 2.24) is 20.1 Å². The summed E-state index contributed by atoms with van der Waals surface area (Å²) in [6, 6.07) is 0.372. The van der Waals surface area contributed by atoms with Gasteiger partial charge in [0.25, 0.3) is 0 Å². The molecule has 6 heteroatoms. The van der Waals surface area contributed by atoms with Crippen molar-refractivity contribution in [3.05, 3.63) is 12.2 Å². The average molecular weight is 294 g/mol. The first-order chi connectivity index (χ1) is 9.96. The van der Waals surface area contributed by atoms with E-state index in [1.165, 1.54) is 0 Å². The summed E-state index contributed by atoms with van der Waals surface area (Å²) < 4.78 is 13.5. The van der Waals surface area contributed by atoms with Gasteiger partial charge < -0.3 is 14.8 Å². The molecule has 1 spiro atoms. The molecule has 0 aliphatic carbocycles. The second kappa shape index (κ2) is 5.66. The fraction of sp³-hybridized carbons (Fsp3) is 0.867. The predicted molar refractivity (Wildman–Crippen MR) is 79.0 cm³/mol. The van der Waals surface area contributed by atoms with Crippen LogP contribution in [0.15, 0.2) is 6.33 Å². The van der Waals surface area contributed by atoms with Crippen LogP contribution in [0.1, 0.15) is 51.9 Å². The Bertz CT molecular complexity index is 474. The number of ether oxygens (including phenoxy) is 2. The largest absolute Gasteiger partial charge is 0.378 e. The summed E-state index contributed by atoms with van der Waals surface area (Å²) in [6.07, 6.45) is 4.83. The first-order valence-electron chi connectivity index (χ1n) is 7.83. The maximum Gasteiger partial charge on any atom is 0.164 e.